The van der Waals surface area contributed by atoms with E-state index in [2.05, 4.69) is 15.0 Å². The van der Waals surface area contributed by atoms with Crippen LogP contribution in [-0.4, -0.2) is 31.9 Å². The molecular weight excluding hydrogens is 468 g/mol. The van der Waals surface area contributed by atoms with Crippen LogP contribution >= 0.6 is 11.6 Å². The lowest BCUT2D eigenvalue weighted by molar-refractivity contribution is -0.108. The van der Waals surface area contributed by atoms with Crippen LogP contribution in [0.15, 0.2) is 77.8 Å². The Hall–Kier alpha value is -3.47. The van der Waals surface area contributed by atoms with Gasteiger partial charge in [0, 0.05) is 18.3 Å². The maximum atomic E-state index is 12.9. The number of pyridine rings is 1. The van der Waals surface area contributed by atoms with Crippen molar-refractivity contribution in [3.05, 3.63) is 83.5 Å². The van der Waals surface area contributed by atoms with Gasteiger partial charge in [0.1, 0.15) is 5.75 Å². The molecule has 1 unspecified atom stereocenters. The van der Waals surface area contributed by atoms with Crippen LogP contribution in [0.1, 0.15) is 18.5 Å². The zero-order chi connectivity index (χ0) is 23.8. The molecule has 0 radical (unpaired) electrons. The maximum Gasteiger partial charge on any atom is 0.321 e. The molecule has 3 N–H and O–H groups in total. The first-order valence-electron chi connectivity index (χ1n) is 9.76. The Labute approximate surface area is 196 Å². The lowest BCUT2D eigenvalue weighted by atomic mass is 10.0. The first-order valence-corrected chi connectivity index (χ1v) is 11.6. The van der Waals surface area contributed by atoms with Crippen LogP contribution in [0.25, 0.3) is 0 Å². The summed E-state index contributed by atoms with van der Waals surface area (Å²) in [5.74, 6) is 0.707. The van der Waals surface area contributed by atoms with Gasteiger partial charge in [0.2, 0.25) is 22.3 Å². The smallest absolute Gasteiger partial charge is 0.321 e. The Kier molecular flexibility index (Phi) is 7.99. The molecule has 0 aliphatic heterocycles. The number of hydrogen-bond donors (Lipinski definition) is 3. The predicted molar refractivity (Wildman–Crippen MR) is 122 cm³/mol. The molecule has 0 saturated heterocycles. The van der Waals surface area contributed by atoms with Crippen molar-refractivity contribution >= 4 is 34.1 Å². The minimum absolute atomic E-state index is 0.00919. The van der Waals surface area contributed by atoms with Gasteiger partial charge in [-0.1, -0.05) is 41.9 Å². The largest absolute Gasteiger partial charge is 0.439 e. The van der Waals surface area contributed by atoms with Gasteiger partial charge in [-0.05, 0) is 42.8 Å². The Morgan fingerprint density at radius 2 is 1.76 bits per heavy atom. The molecule has 0 saturated carbocycles. The number of ether oxygens (including phenoxy) is 1. The molecule has 0 aliphatic rings. The maximum absolute atomic E-state index is 12.9. The lowest BCUT2D eigenvalue weighted by Gasteiger charge is -2.26. The van der Waals surface area contributed by atoms with Crippen LogP contribution in [0.5, 0.6) is 11.6 Å². The summed E-state index contributed by atoms with van der Waals surface area (Å²) in [5.41, 5.74) is 0.660. The zero-order valence-electron chi connectivity index (χ0n) is 17.4. The molecule has 3 rings (SSSR count). The number of benzene rings is 2. The summed E-state index contributed by atoms with van der Waals surface area (Å²) in [7, 11) is -3.94. The molecule has 0 spiro atoms. The quantitative estimate of drug-likeness (QED) is 0.396. The second kappa shape index (κ2) is 10.9. The second-order valence-electron chi connectivity index (χ2n) is 6.92. The molecule has 0 bridgehead atoms. The highest BCUT2D eigenvalue weighted by Crippen LogP contribution is 2.23. The molecule has 33 heavy (non-hydrogen) atoms. The fourth-order valence-corrected chi connectivity index (χ4v) is 4.37. The number of rotatable bonds is 9. The Bertz CT molecular complexity index is 1190. The third kappa shape index (κ3) is 6.75. The van der Waals surface area contributed by atoms with Gasteiger partial charge in [-0.3, -0.25) is 10.1 Å². The van der Waals surface area contributed by atoms with Crippen LogP contribution < -0.4 is 20.1 Å². The molecular formula is C22H21ClN4O5S. The van der Waals surface area contributed by atoms with Crippen molar-refractivity contribution in [2.24, 2.45) is 0 Å². The fraction of sp³-hybridized carbons (Fsp3) is 0.136. The van der Waals surface area contributed by atoms with Crippen molar-refractivity contribution in [3.8, 4) is 11.6 Å². The number of urea groups is 1. The van der Waals surface area contributed by atoms with E-state index in [4.69, 9.17) is 16.3 Å². The minimum atomic E-state index is -3.94. The van der Waals surface area contributed by atoms with Gasteiger partial charge in [0.25, 0.3) is 0 Å². The number of nitrogens with one attached hydrogen (secondary N) is 3. The molecule has 9 nitrogen and oxygen atoms in total. The summed E-state index contributed by atoms with van der Waals surface area (Å²) < 4.78 is 34.0. The van der Waals surface area contributed by atoms with Gasteiger partial charge in [0.05, 0.1) is 16.0 Å². The number of amides is 3. The number of carbonyl (C=O) groups is 2. The van der Waals surface area contributed by atoms with Crippen molar-refractivity contribution in [1.82, 2.24) is 20.3 Å². The minimum Gasteiger partial charge on any atom is -0.439 e. The van der Waals surface area contributed by atoms with E-state index in [0.717, 1.165) is 0 Å². The second-order valence-corrected chi connectivity index (χ2v) is 9.07. The average molecular weight is 489 g/mol. The van der Waals surface area contributed by atoms with Gasteiger partial charge in [-0.25, -0.2) is 22.9 Å². The van der Waals surface area contributed by atoms with Crippen molar-refractivity contribution in [1.29, 1.82) is 0 Å². The highest BCUT2D eigenvalue weighted by Gasteiger charge is 2.26. The topological polar surface area (TPSA) is 126 Å². The molecule has 1 heterocycles. The number of halogens is 1. The third-order valence-electron chi connectivity index (χ3n) is 4.53. The van der Waals surface area contributed by atoms with Crippen LogP contribution in [0, 0.1) is 0 Å². The van der Waals surface area contributed by atoms with Crippen molar-refractivity contribution in [3.63, 3.8) is 0 Å². The number of hydrogen-bond acceptors (Lipinski definition) is 6. The fourth-order valence-electron chi connectivity index (χ4n) is 3.00. The summed E-state index contributed by atoms with van der Waals surface area (Å²) in [5, 5.41) is 5.06. The Morgan fingerprint density at radius 3 is 2.36 bits per heavy atom. The number of sulfonamides is 1. The third-order valence-corrected chi connectivity index (χ3v) is 6.33. The molecule has 0 fully saturated rings. The zero-order valence-corrected chi connectivity index (χ0v) is 19.0. The van der Waals surface area contributed by atoms with Gasteiger partial charge in [0.15, 0.2) is 0 Å². The van der Waals surface area contributed by atoms with Crippen LogP contribution in [0.4, 0.5) is 4.79 Å². The molecule has 2 aromatic carbocycles. The van der Waals surface area contributed by atoms with Crippen LogP contribution in [-0.2, 0) is 14.8 Å². The van der Waals surface area contributed by atoms with E-state index < -0.39 is 28.1 Å². The summed E-state index contributed by atoms with van der Waals surface area (Å²) in [6.45, 7) is 1.61. The first-order chi connectivity index (χ1) is 15.8. The van der Waals surface area contributed by atoms with E-state index in [9.17, 15) is 18.0 Å². The molecule has 1 aromatic heterocycles. The number of imide groups is 1. The van der Waals surface area contributed by atoms with Gasteiger partial charge < -0.3 is 10.1 Å². The van der Waals surface area contributed by atoms with Crippen molar-refractivity contribution < 1.29 is 22.7 Å². The Balaban J connectivity index is 1.74. The summed E-state index contributed by atoms with van der Waals surface area (Å²) in [6, 6.07) is 15.6. The first kappa shape index (κ1) is 24.2. The molecule has 11 heteroatoms. The van der Waals surface area contributed by atoms with Gasteiger partial charge in [-0.15, -0.1) is 0 Å². The number of aromatic nitrogens is 1. The van der Waals surface area contributed by atoms with E-state index in [1.807, 2.05) is 5.32 Å². The average Bonchev–Trinajstić information content (AvgIpc) is 2.80. The number of nitrogens with zero attached hydrogens (tertiary/aromatic N) is 1. The van der Waals surface area contributed by atoms with Crippen molar-refractivity contribution in [2.45, 2.75) is 23.9 Å². The monoisotopic (exact) mass is 488 g/mol. The summed E-state index contributed by atoms with van der Waals surface area (Å²) in [6.07, 6.45) is 1.68. The standard InChI is InChI=1S/C22H21ClN4O5S/c1-15(21(26-22(29)25-14-28)16-5-3-2-4-6-16)27-33(30,31)19-10-8-18(9-11-19)32-20-12-7-17(23)13-24-20/h2-15,21,27H,1H3,(H2,25,26,28,29)/t15-,21?/m1/s1. The van der Waals surface area contributed by atoms with Crippen molar-refractivity contribution in [2.75, 3.05) is 0 Å². The van der Waals surface area contributed by atoms with Gasteiger partial charge in [-0.2, -0.15) is 0 Å². The molecule has 2 atom stereocenters. The summed E-state index contributed by atoms with van der Waals surface area (Å²) in [4.78, 5) is 26.5. The lowest BCUT2D eigenvalue weighted by Crippen LogP contribution is -2.47. The molecule has 0 aliphatic carbocycles. The Morgan fingerprint density at radius 1 is 1.06 bits per heavy atom. The van der Waals surface area contributed by atoms with E-state index in [0.29, 0.717) is 22.2 Å². The molecule has 3 amide bonds. The highest BCUT2D eigenvalue weighted by molar-refractivity contribution is 7.89. The van der Waals surface area contributed by atoms with E-state index in [-0.39, 0.29) is 11.3 Å². The molecule has 3 aromatic rings. The molecule has 172 valence electrons. The SMILES string of the molecule is C[C@@H](NS(=O)(=O)c1ccc(Oc2ccc(Cl)cn2)cc1)C(NC(=O)NC=O)c1ccccc1. The van der Waals surface area contributed by atoms with Gasteiger partial charge >= 0.3 is 6.03 Å². The van der Waals surface area contributed by atoms with E-state index in [1.165, 1.54) is 30.5 Å². The number of carbonyl (C=O) groups excluding carboxylic acids is 2. The van der Waals surface area contributed by atoms with Crippen LogP contribution in [0.2, 0.25) is 5.02 Å². The predicted octanol–water partition coefficient (Wildman–Crippen LogP) is 3.39. The normalized spacial score (nSPS) is 12.9. The van der Waals surface area contributed by atoms with Crippen LogP contribution in [0.3, 0.4) is 0 Å². The van der Waals surface area contributed by atoms with E-state index >= 15 is 0 Å². The summed E-state index contributed by atoms with van der Waals surface area (Å²) >= 11 is 5.80. The van der Waals surface area contributed by atoms with E-state index in [1.54, 1.807) is 49.4 Å². The highest BCUT2D eigenvalue weighted by atomic mass is 35.5.